The Kier molecular flexibility index (Phi) is 22.3. The van der Waals surface area contributed by atoms with Crippen molar-refractivity contribution < 1.29 is 48.2 Å². The Labute approximate surface area is 284 Å². The van der Waals surface area contributed by atoms with E-state index in [0.29, 0.717) is 116 Å². The number of carbonyl (C=O) groups is 1. The van der Waals surface area contributed by atoms with E-state index < -0.39 is 0 Å². The zero-order valence-corrected chi connectivity index (χ0v) is 28.9. The number of aryl methyl sites for hydroxylation is 1. The number of benzene rings is 1. The van der Waals surface area contributed by atoms with Gasteiger partial charge in [-0.05, 0) is 31.4 Å². The second-order valence-electron chi connectivity index (χ2n) is 10.9. The number of aromatic nitrogens is 2. The molecule has 0 aliphatic rings. The molecule has 0 aliphatic heterocycles. The van der Waals surface area contributed by atoms with E-state index in [1.54, 1.807) is 13.2 Å². The zero-order valence-electron chi connectivity index (χ0n) is 28.9. The number of ether oxygens (including phenoxy) is 7. The number of nitrogens with two attached hydrogens (primary N) is 1. The van der Waals surface area contributed by atoms with Crippen LogP contribution in [-0.4, -0.2) is 132 Å². The van der Waals surface area contributed by atoms with Crippen LogP contribution in [0.3, 0.4) is 0 Å². The standard InChI is InChI=1S/C34H56N4O10/c1-4-6-29(25-40)37-33-30(26(2)36-34(35)38-33)23-28-9-8-27(24-32(28)42-3)31(41)7-5-11-43-13-15-45-17-19-47-21-22-48-20-18-46-16-14-44-12-10-39/h8-9,24,29,39-40H,4-7,10-23,25H2,1-3H3,(H3,35,36,37,38)/t29-/m0/s1. The van der Waals surface area contributed by atoms with Gasteiger partial charge >= 0.3 is 0 Å². The van der Waals surface area contributed by atoms with Crippen LogP contribution in [0.15, 0.2) is 18.2 Å². The van der Waals surface area contributed by atoms with E-state index in [2.05, 4.69) is 22.2 Å². The molecular weight excluding hydrogens is 624 g/mol. The van der Waals surface area contributed by atoms with Crippen molar-refractivity contribution in [1.82, 2.24) is 9.97 Å². The summed E-state index contributed by atoms with van der Waals surface area (Å²) in [6, 6.07) is 5.32. The molecule has 0 saturated heterocycles. The fraction of sp³-hybridized carbons (Fsp3) is 0.676. The van der Waals surface area contributed by atoms with Crippen molar-refractivity contribution in [2.45, 2.75) is 52.0 Å². The first-order chi connectivity index (χ1) is 23.4. The van der Waals surface area contributed by atoms with E-state index in [9.17, 15) is 9.90 Å². The molecule has 1 heterocycles. The van der Waals surface area contributed by atoms with Crippen molar-refractivity contribution in [1.29, 1.82) is 0 Å². The van der Waals surface area contributed by atoms with Gasteiger partial charge in [0.1, 0.15) is 11.6 Å². The van der Waals surface area contributed by atoms with E-state index in [1.807, 2.05) is 19.1 Å². The Bertz CT molecular complexity index is 1160. The second-order valence-corrected chi connectivity index (χ2v) is 10.9. The highest BCUT2D eigenvalue weighted by Crippen LogP contribution is 2.28. The monoisotopic (exact) mass is 680 g/mol. The average Bonchev–Trinajstić information content (AvgIpc) is 3.08. The van der Waals surface area contributed by atoms with E-state index in [0.717, 1.165) is 29.7 Å². The van der Waals surface area contributed by atoms with E-state index in [-0.39, 0.29) is 31.0 Å². The smallest absolute Gasteiger partial charge is 0.222 e. The van der Waals surface area contributed by atoms with Crippen LogP contribution in [0.25, 0.3) is 0 Å². The molecule has 0 spiro atoms. The lowest BCUT2D eigenvalue weighted by atomic mass is 9.99. The number of ketones is 1. The molecule has 0 amide bonds. The maximum absolute atomic E-state index is 12.9. The van der Waals surface area contributed by atoms with Crippen LogP contribution < -0.4 is 15.8 Å². The van der Waals surface area contributed by atoms with Gasteiger partial charge in [0.05, 0.1) is 99.0 Å². The normalized spacial score (nSPS) is 11.9. The molecule has 272 valence electrons. The maximum atomic E-state index is 12.9. The molecule has 2 rings (SSSR count). The molecule has 1 aromatic carbocycles. The number of methoxy groups -OCH3 is 1. The highest BCUT2D eigenvalue weighted by atomic mass is 16.6. The number of nitrogens with one attached hydrogen (secondary N) is 1. The fourth-order valence-corrected chi connectivity index (χ4v) is 4.70. The van der Waals surface area contributed by atoms with Gasteiger partial charge < -0.3 is 54.4 Å². The number of Topliss-reactive ketones (excluding diaryl/α,β-unsaturated/α-hetero) is 1. The van der Waals surface area contributed by atoms with Crippen LogP contribution in [0.1, 0.15) is 59.8 Å². The van der Waals surface area contributed by atoms with Crippen LogP contribution >= 0.6 is 0 Å². The largest absolute Gasteiger partial charge is 0.496 e. The predicted octanol–water partition coefficient (Wildman–Crippen LogP) is 2.59. The second kappa shape index (κ2) is 26.0. The molecule has 1 atom stereocenters. The molecule has 14 nitrogen and oxygen atoms in total. The number of anilines is 2. The van der Waals surface area contributed by atoms with Gasteiger partial charge in [0.15, 0.2) is 5.78 Å². The Balaban J connectivity index is 1.62. The zero-order chi connectivity index (χ0) is 34.8. The van der Waals surface area contributed by atoms with Gasteiger partial charge in [-0.15, -0.1) is 0 Å². The summed E-state index contributed by atoms with van der Waals surface area (Å²) in [6.07, 6.45) is 3.11. The highest BCUT2D eigenvalue weighted by molar-refractivity contribution is 5.96. The molecule has 0 radical (unpaired) electrons. The van der Waals surface area contributed by atoms with Gasteiger partial charge in [-0.2, -0.15) is 4.98 Å². The van der Waals surface area contributed by atoms with Gasteiger partial charge in [0, 0.05) is 36.3 Å². The number of nitrogen functional groups attached to an aromatic ring is 1. The molecule has 2 aromatic rings. The summed E-state index contributed by atoms with van der Waals surface area (Å²) in [5.74, 6) is 1.36. The quantitative estimate of drug-likeness (QED) is 0.0697. The first-order valence-electron chi connectivity index (χ1n) is 16.7. The van der Waals surface area contributed by atoms with Gasteiger partial charge in [-0.25, -0.2) is 4.98 Å². The predicted molar refractivity (Wildman–Crippen MR) is 182 cm³/mol. The molecule has 48 heavy (non-hydrogen) atoms. The molecule has 5 N–H and O–H groups in total. The van der Waals surface area contributed by atoms with Crippen molar-refractivity contribution in [2.24, 2.45) is 0 Å². The molecule has 1 aromatic heterocycles. The van der Waals surface area contributed by atoms with E-state index >= 15 is 0 Å². The minimum Gasteiger partial charge on any atom is -0.496 e. The minimum atomic E-state index is -0.148. The summed E-state index contributed by atoms with van der Waals surface area (Å²) < 4.78 is 38.1. The SMILES string of the molecule is CCC[C@@H](CO)Nc1nc(N)nc(C)c1Cc1ccc(C(=O)CCCOCCOCCOCCOCCOCCOCCO)cc1OC. The Morgan fingerprint density at radius 3 is 1.94 bits per heavy atom. The fourth-order valence-electron chi connectivity index (χ4n) is 4.70. The van der Waals surface area contributed by atoms with Crippen LogP contribution in [0, 0.1) is 6.92 Å². The molecule has 0 unspecified atom stereocenters. The maximum Gasteiger partial charge on any atom is 0.222 e. The Hall–Kier alpha value is -2.95. The lowest BCUT2D eigenvalue weighted by Gasteiger charge is -2.20. The third-order valence-corrected chi connectivity index (χ3v) is 7.19. The third-order valence-electron chi connectivity index (χ3n) is 7.19. The molecule has 0 saturated carbocycles. The minimum absolute atomic E-state index is 0.0110. The van der Waals surface area contributed by atoms with Crippen molar-refractivity contribution in [3.63, 3.8) is 0 Å². The van der Waals surface area contributed by atoms with Crippen LogP contribution in [-0.2, 0) is 34.8 Å². The van der Waals surface area contributed by atoms with E-state index in [1.165, 1.54) is 0 Å². The Morgan fingerprint density at radius 1 is 0.854 bits per heavy atom. The first kappa shape index (κ1) is 41.2. The number of aliphatic hydroxyl groups excluding tert-OH is 2. The van der Waals surface area contributed by atoms with Crippen molar-refractivity contribution in [3.05, 3.63) is 40.6 Å². The molecule has 0 fully saturated rings. The number of aliphatic hydroxyl groups is 2. The topological polar surface area (TPSA) is 186 Å². The molecular formula is C34H56N4O10. The summed E-state index contributed by atoms with van der Waals surface area (Å²) in [7, 11) is 1.58. The van der Waals surface area contributed by atoms with Crippen molar-refractivity contribution >= 4 is 17.5 Å². The number of rotatable bonds is 30. The highest BCUT2D eigenvalue weighted by Gasteiger charge is 2.18. The van der Waals surface area contributed by atoms with Gasteiger partial charge in [0.25, 0.3) is 0 Å². The van der Waals surface area contributed by atoms with Gasteiger partial charge in [0.2, 0.25) is 5.95 Å². The average molecular weight is 681 g/mol. The summed E-state index contributed by atoms with van der Waals surface area (Å²) in [5.41, 5.74) is 8.97. The number of hydrogen-bond acceptors (Lipinski definition) is 14. The van der Waals surface area contributed by atoms with Gasteiger partial charge in [-0.3, -0.25) is 4.79 Å². The Morgan fingerprint density at radius 2 is 1.42 bits per heavy atom. The van der Waals surface area contributed by atoms with E-state index in [4.69, 9.17) is 44.0 Å². The first-order valence-corrected chi connectivity index (χ1v) is 16.7. The van der Waals surface area contributed by atoms with Gasteiger partial charge in [-0.1, -0.05) is 25.5 Å². The molecule has 0 bridgehead atoms. The number of carbonyl (C=O) groups excluding carboxylic acids is 1. The number of nitrogens with zero attached hydrogens (tertiary/aromatic N) is 2. The summed E-state index contributed by atoms with van der Waals surface area (Å²) in [4.78, 5) is 21.6. The lowest BCUT2D eigenvalue weighted by Crippen LogP contribution is -2.25. The van der Waals surface area contributed by atoms with Crippen LogP contribution in [0.5, 0.6) is 5.75 Å². The van der Waals surface area contributed by atoms with Crippen molar-refractivity contribution in [3.8, 4) is 5.75 Å². The van der Waals surface area contributed by atoms with Crippen LogP contribution in [0.2, 0.25) is 0 Å². The lowest BCUT2D eigenvalue weighted by molar-refractivity contribution is -0.0182. The number of hydrogen-bond donors (Lipinski definition) is 4. The summed E-state index contributed by atoms with van der Waals surface area (Å²) >= 11 is 0. The van der Waals surface area contributed by atoms with Crippen LogP contribution in [0.4, 0.5) is 11.8 Å². The molecule has 0 aliphatic carbocycles. The third kappa shape index (κ3) is 16.9. The summed E-state index contributed by atoms with van der Waals surface area (Å²) in [6.45, 7) is 9.36. The summed E-state index contributed by atoms with van der Waals surface area (Å²) in [5, 5.41) is 21.7. The molecule has 14 heteroatoms. The van der Waals surface area contributed by atoms with Crippen molar-refractivity contribution in [2.75, 3.05) is 111 Å².